The van der Waals surface area contributed by atoms with E-state index in [0.717, 1.165) is 17.1 Å². The van der Waals surface area contributed by atoms with Gasteiger partial charge >= 0.3 is 0 Å². The first kappa shape index (κ1) is 25.2. The fraction of sp³-hybridized carbons (Fsp3) is 0.588. The van der Waals surface area contributed by atoms with E-state index in [4.69, 9.17) is 4.74 Å². The second-order valence-corrected chi connectivity index (χ2v) is 9.40. The molecule has 7 nitrogen and oxygen atoms in total. The highest BCUT2D eigenvalue weighted by Gasteiger charge is 2.23. The lowest BCUT2D eigenvalue weighted by Gasteiger charge is -2.26. The number of nitrogens with one attached hydrogen (secondary N) is 2. The number of nitrogens with zero attached hydrogens (tertiary/aromatic N) is 2. The monoisotopic (exact) mass is 546 g/mol. The summed E-state index contributed by atoms with van der Waals surface area (Å²) in [4.78, 5) is 4.11. The van der Waals surface area contributed by atoms with Gasteiger partial charge in [-0.1, -0.05) is 6.07 Å². The Bertz CT molecular complexity index is 759. The molecule has 1 heterocycles. The Balaban J connectivity index is 0.00000392. The van der Waals surface area contributed by atoms with E-state index < -0.39 is 15.8 Å². The molecule has 1 aliphatic rings. The Labute approximate surface area is 188 Å². The van der Waals surface area contributed by atoms with Crippen molar-refractivity contribution in [1.82, 2.24) is 14.9 Å². The normalized spacial score (nSPS) is 16.8. The average Bonchev–Trinajstić information content (AvgIpc) is 2.67. The molecule has 1 unspecified atom stereocenters. The number of thioether (sulfide) groups is 1. The molecule has 0 bridgehead atoms. The van der Waals surface area contributed by atoms with E-state index in [-0.39, 0.29) is 48.1 Å². The van der Waals surface area contributed by atoms with Crippen LogP contribution in [0.2, 0.25) is 0 Å². The van der Waals surface area contributed by atoms with Crippen LogP contribution in [0.4, 0.5) is 4.39 Å². The van der Waals surface area contributed by atoms with Crippen LogP contribution in [-0.4, -0.2) is 69.7 Å². The molecule has 2 N–H and O–H groups in total. The standard InChI is InChI=1S/C17H27FN4O3S2.HI/c1-13(14-4-5-16(25-3)15(18)12-14)21-17(19-2)20-6-11-27(23,24)22-7-9-26-10-8-22;/h4-5,12-13H,6-11H2,1-3H3,(H2,19,20,21);1H. The Hall–Kier alpha value is -0.790. The molecule has 11 heteroatoms. The van der Waals surface area contributed by atoms with E-state index in [9.17, 15) is 12.8 Å². The van der Waals surface area contributed by atoms with Gasteiger partial charge < -0.3 is 15.4 Å². The molecule has 0 radical (unpaired) electrons. The molecule has 0 aromatic heterocycles. The minimum Gasteiger partial charge on any atom is -0.494 e. The zero-order valence-corrected chi connectivity index (χ0v) is 20.2. The third-order valence-corrected chi connectivity index (χ3v) is 7.08. The summed E-state index contributed by atoms with van der Waals surface area (Å²) in [5.41, 5.74) is 0.731. The Kier molecular flexibility index (Phi) is 10.8. The van der Waals surface area contributed by atoms with Crippen LogP contribution in [0.3, 0.4) is 0 Å². The zero-order chi connectivity index (χ0) is 19.9. The molecule has 2 rings (SSSR count). The maximum Gasteiger partial charge on any atom is 0.215 e. The van der Waals surface area contributed by atoms with Crippen LogP contribution in [0.25, 0.3) is 0 Å². The Morgan fingerprint density at radius 1 is 1.39 bits per heavy atom. The van der Waals surface area contributed by atoms with Crippen LogP contribution in [0.15, 0.2) is 23.2 Å². The van der Waals surface area contributed by atoms with E-state index in [1.165, 1.54) is 13.2 Å². The van der Waals surface area contributed by atoms with Crippen molar-refractivity contribution in [3.8, 4) is 5.75 Å². The maximum atomic E-state index is 13.9. The molecule has 0 spiro atoms. The van der Waals surface area contributed by atoms with Crippen molar-refractivity contribution in [3.05, 3.63) is 29.6 Å². The number of guanidine groups is 1. The summed E-state index contributed by atoms with van der Waals surface area (Å²) < 4.78 is 45.1. The summed E-state index contributed by atoms with van der Waals surface area (Å²) in [5.74, 6) is 1.90. The first-order valence-corrected chi connectivity index (χ1v) is 11.5. The Morgan fingerprint density at radius 2 is 2.07 bits per heavy atom. The van der Waals surface area contributed by atoms with Crippen LogP contribution in [0.5, 0.6) is 5.75 Å². The van der Waals surface area contributed by atoms with Crippen molar-refractivity contribution in [2.45, 2.75) is 13.0 Å². The molecule has 1 aliphatic heterocycles. The topological polar surface area (TPSA) is 83.0 Å². The van der Waals surface area contributed by atoms with Crippen LogP contribution >= 0.6 is 35.7 Å². The maximum absolute atomic E-state index is 13.9. The molecular weight excluding hydrogens is 518 g/mol. The number of ether oxygens (including phenoxy) is 1. The fourth-order valence-corrected chi connectivity index (χ4v) is 5.18. The van der Waals surface area contributed by atoms with Gasteiger partial charge in [-0.05, 0) is 24.6 Å². The molecule has 1 saturated heterocycles. The van der Waals surface area contributed by atoms with Crippen LogP contribution < -0.4 is 15.4 Å². The first-order valence-electron chi connectivity index (χ1n) is 8.73. The van der Waals surface area contributed by atoms with Gasteiger partial charge in [0.1, 0.15) is 0 Å². The average molecular weight is 546 g/mol. The number of aliphatic imine (C=N–C) groups is 1. The molecule has 1 aromatic rings. The number of rotatable bonds is 7. The predicted molar refractivity (Wildman–Crippen MR) is 124 cm³/mol. The summed E-state index contributed by atoms with van der Waals surface area (Å²) in [6.45, 7) is 3.26. The summed E-state index contributed by atoms with van der Waals surface area (Å²) in [6, 6.07) is 4.53. The summed E-state index contributed by atoms with van der Waals surface area (Å²) in [7, 11) is -0.247. The number of benzene rings is 1. The SMILES string of the molecule is CN=C(NCCS(=O)(=O)N1CCSCC1)NC(C)c1ccc(OC)c(F)c1.I. The van der Waals surface area contributed by atoms with Crippen LogP contribution in [-0.2, 0) is 10.0 Å². The number of hydrogen-bond donors (Lipinski definition) is 2. The van der Waals surface area contributed by atoms with Gasteiger partial charge in [0.2, 0.25) is 10.0 Å². The third-order valence-electron chi connectivity index (χ3n) is 4.27. The minimum absolute atomic E-state index is 0. The quantitative estimate of drug-likeness (QED) is 0.310. The highest BCUT2D eigenvalue weighted by molar-refractivity contribution is 14.0. The van der Waals surface area contributed by atoms with E-state index in [1.807, 2.05) is 6.92 Å². The summed E-state index contributed by atoms with van der Waals surface area (Å²) >= 11 is 1.77. The molecule has 0 amide bonds. The van der Waals surface area contributed by atoms with Crippen molar-refractivity contribution in [2.75, 3.05) is 51.1 Å². The molecule has 0 saturated carbocycles. The molecule has 0 aliphatic carbocycles. The van der Waals surface area contributed by atoms with Crippen molar-refractivity contribution >= 4 is 51.7 Å². The van der Waals surface area contributed by atoms with Gasteiger partial charge in [0.05, 0.1) is 18.9 Å². The number of methoxy groups -OCH3 is 1. The molecular formula is C17H28FIN4O3S2. The van der Waals surface area contributed by atoms with Crippen LogP contribution in [0.1, 0.15) is 18.5 Å². The lowest BCUT2D eigenvalue weighted by molar-refractivity contribution is 0.386. The Morgan fingerprint density at radius 3 is 2.64 bits per heavy atom. The zero-order valence-electron chi connectivity index (χ0n) is 16.3. The minimum atomic E-state index is -3.27. The smallest absolute Gasteiger partial charge is 0.215 e. The van der Waals surface area contributed by atoms with Gasteiger partial charge in [0, 0.05) is 38.2 Å². The second-order valence-electron chi connectivity index (χ2n) is 6.09. The molecule has 1 fully saturated rings. The molecule has 160 valence electrons. The van der Waals surface area contributed by atoms with Gasteiger partial charge in [0.15, 0.2) is 17.5 Å². The fourth-order valence-electron chi connectivity index (χ4n) is 2.69. The van der Waals surface area contributed by atoms with Crippen molar-refractivity contribution in [2.24, 2.45) is 4.99 Å². The first-order chi connectivity index (χ1) is 12.9. The van der Waals surface area contributed by atoms with Gasteiger partial charge in [-0.2, -0.15) is 11.8 Å². The van der Waals surface area contributed by atoms with Crippen molar-refractivity contribution < 1.29 is 17.5 Å². The van der Waals surface area contributed by atoms with Gasteiger partial charge in [-0.25, -0.2) is 17.1 Å². The molecule has 28 heavy (non-hydrogen) atoms. The second kappa shape index (κ2) is 12.0. The van der Waals surface area contributed by atoms with Gasteiger partial charge in [-0.15, -0.1) is 24.0 Å². The van der Waals surface area contributed by atoms with E-state index >= 15 is 0 Å². The largest absolute Gasteiger partial charge is 0.494 e. The van der Waals surface area contributed by atoms with Crippen LogP contribution in [0, 0.1) is 5.82 Å². The third kappa shape index (κ3) is 7.23. The predicted octanol–water partition coefficient (Wildman–Crippen LogP) is 2.06. The summed E-state index contributed by atoms with van der Waals surface area (Å²) in [5, 5.41) is 6.14. The lowest BCUT2D eigenvalue weighted by Crippen LogP contribution is -2.44. The highest BCUT2D eigenvalue weighted by atomic mass is 127. The van der Waals surface area contributed by atoms with Crippen molar-refractivity contribution in [3.63, 3.8) is 0 Å². The number of hydrogen-bond acceptors (Lipinski definition) is 5. The van der Waals surface area contributed by atoms with Gasteiger partial charge in [0.25, 0.3) is 0 Å². The highest BCUT2D eigenvalue weighted by Crippen LogP contribution is 2.21. The molecule has 1 aromatic carbocycles. The number of halogens is 2. The van der Waals surface area contributed by atoms with Crippen molar-refractivity contribution in [1.29, 1.82) is 0 Å². The number of sulfonamides is 1. The van der Waals surface area contributed by atoms with E-state index in [2.05, 4.69) is 15.6 Å². The molecule has 1 atom stereocenters. The lowest BCUT2D eigenvalue weighted by atomic mass is 10.1. The van der Waals surface area contributed by atoms with E-state index in [1.54, 1.807) is 35.2 Å². The van der Waals surface area contributed by atoms with E-state index in [0.29, 0.717) is 19.0 Å². The summed E-state index contributed by atoms with van der Waals surface area (Å²) in [6.07, 6.45) is 0. The van der Waals surface area contributed by atoms with Gasteiger partial charge in [-0.3, -0.25) is 4.99 Å².